The zero-order chi connectivity index (χ0) is 14.9. The number of hydrogen-bond acceptors (Lipinski definition) is 3. The van der Waals surface area contributed by atoms with Crippen LogP contribution in [0.3, 0.4) is 0 Å². The smallest absolute Gasteiger partial charge is 0.263 e. The lowest BCUT2D eigenvalue weighted by atomic mass is 10.2. The van der Waals surface area contributed by atoms with Crippen LogP contribution in [0.4, 0.5) is 11.4 Å². The molecule has 0 bridgehead atoms. The van der Waals surface area contributed by atoms with Gasteiger partial charge in [-0.1, -0.05) is 33.6 Å². The molecule has 0 heterocycles. The summed E-state index contributed by atoms with van der Waals surface area (Å²) in [5, 5.41) is 0.124. The van der Waals surface area contributed by atoms with Gasteiger partial charge in [-0.15, -0.1) is 0 Å². The first kappa shape index (κ1) is 15.2. The van der Waals surface area contributed by atoms with E-state index in [2.05, 4.69) is 20.7 Å². The van der Waals surface area contributed by atoms with Crippen LogP contribution in [0.1, 0.15) is 5.56 Å². The highest BCUT2D eigenvalue weighted by molar-refractivity contribution is 9.10. The van der Waals surface area contributed by atoms with Crippen molar-refractivity contribution < 1.29 is 8.42 Å². The second-order valence-electron chi connectivity index (χ2n) is 4.21. The Labute approximate surface area is 131 Å². The van der Waals surface area contributed by atoms with Crippen LogP contribution < -0.4 is 10.5 Å². The fourth-order valence-electron chi connectivity index (χ4n) is 1.64. The Kier molecular flexibility index (Phi) is 4.27. The average molecular weight is 376 g/mol. The van der Waals surface area contributed by atoms with Gasteiger partial charge in [0, 0.05) is 10.2 Å². The zero-order valence-electron chi connectivity index (χ0n) is 10.5. The molecule has 0 aromatic heterocycles. The van der Waals surface area contributed by atoms with Gasteiger partial charge in [-0.05, 0) is 42.8 Å². The van der Waals surface area contributed by atoms with Gasteiger partial charge in [-0.2, -0.15) is 0 Å². The average Bonchev–Trinajstić information content (AvgIpc) is 2.37. The Morgan fingerprint density at radius 2 is 1.95 bits per heavy atom. The Bertz CT molecular complexity index is 763. The molecule has 2 rings (SSSR count). The summed E-state index contributed by atoms with van der Waals surface area (Å²) in [5.74, 6) is 0. The molecule has 0 aliphatic carbocycles. The van der Waals surface area contributed by atoms with Crippen molar-refractivity contribution in [2.45, 2.75) is 11.8 Å². The van der Waals surface area contributed by atoms with Crippen molar-refractivity contribution in [1.82, 2.24) is 0 Å². The van der Waals surface area contributed by atoms with Gasteiger partial charge in [0.05, 0.1) is 10.7 Å². The maximum absolute atomic E-state index is 12.4. The highest BCUT2D eigenvalue weighted by atomic mass is 79.9. The van der Waals surface area contributed by atoms with Crippen molar-refractivity contribution >= 4 is 48.9 Å². The van der Waals surface area contributed by atoms with Crippen LogP contribution in [-0.2, 0) is 10.0 Å². The molecule has 0 saturated carbocycles. The Hall–Kier alpha value is -1.24. The summed E-state index contributed by atoms with van der Waals surface area (Å²) in [6.45, 7) is 1.81. The van der Waals surface area contributed by atoms with Gasteiger partial charge in [0.2, 0.25) is 0 Å². The maximum atomic E-state index is 12.4. The normalized spacial score (nSPS) is 11.3. The van der Waals surface area contributed by atoms with Gasteiger partial charge in [0.15, 0.2) is 0 Å². The first-order valence-corrected chi connectivity index (χ1v) is 8.29. The molecule has 106 valence electrons. The van der Waals surface area contributed by atoms with E-state index >= 15 is 0 Å². The van der Waals surface area contributed by atoms with Crippen molar-refractivity contribution in [1.29, 1.82) is 0 Å². The number of hydrogen-bond donors (Lipinski definition) is 2. The molecule has 20 heavy (non-hydrogen) atoms. The minimum atomic E-state index is -3.79. The van der Waals surface area contributed by atoms with Gasteiger partial charge < -0.3 is 5.73 Å². The van der Waals surface area contributed by atoms with E-state index in [1.54, 1.807) is 18.2 Å². The SMILES string of the molecule is Cc1c(Br)cccc1NS(=O)(=O)c1cc(N)ccc1Cl. The first-order chi connectivity index (χ1) is 9.31. The maximum Gasteiger partial charge on any atom is 0.263 e. The summed E-state index contributed by atoms with van der Waals surface area (Å²) >= 11 is 9.29. The summed E-state index contributed by atoms with van der Waals surface area (Å²) in [7, 11) is -3.79. The van der Waals surface area contributed by atoms with Crippen LogP contribution in [0.15, 0.2) is 45.8 Å². The third-order valence-electron chi connectivity index (χ3n) is 2.76. The molecule has 0 spiro atoms. The van der Waals surface area contributed by atoms with E-state index in [-0.39, 0.29) is 9.92 Å². The molecular weight excluding hydrogens is 364 g/mol. The quantitative estimate of drug-likeness (QED) is 0.802. The number of halogens is 2. The van der Waals surface area contributed by atoms with Crippen molar-refractivity contribution in [2.24, 2.45) is 0 Å². The highest BCUT2D eigenvalue weighted by Gasteiger charge is 2.19. The summed E-state index contributed by atoms with van der Waals surface area (Å²) in [4.78, 5) is -0.0430. The molecule has 2 aromatic carbocycles. The van der Waals surface area contributed by atoms with Crippen molar-refractivity contribution in [3.63, 3.8) is 0 Å². The van der Waals surface area contributed by atoms with E-state index in [1.165, 1.54) is 12.1 Å². The van der Waals surface area contributed by atoms with E-state index < -0.39 is 10.0 Å². The predicted octanol–water partition coefficient (Wildman–Crippen LogP) is 3.79. The van der Waals surface area contributed by atoms with E-state index in [0.29, 0.717) is 11.4 Å². The molecule has 3 N–H and O–H groups in total. The molecule has 0 unspecified atom stereocenters. The molecule has 0 aliphatic rings. The number of sulfonamides is 1. The minimum Gasteiger partial charge on any atom is -0.399 e. The van der Waals surface area contributed by atoms with Crippen LogP contribution in [0.5, 0.6) is 0 Å². The zero-order valence-corrected chi connectivity index (χ0v) is 13.7. The summed E-state index contributed by atoms with van der Waals surface area (Å²) in [6.07, 6.45) is 0. The van der Waals surface area contributed by atoms with Gasteiger partial charge >= 0.3 is 0 Å². The lowest BCUT2D eigenvalue weighted by molar-refractivity contribution is 0.601. The monoisotopic (exact) mass is 374 g/mol. The molecule has 7 heteroatoms. The van der Waals surface area contributed by atoms with Gasteiger partial charge in [-0.25, -0.2) is 8.42 Å². The number of nitrogens with one attached hydrogen (secondary N) is 1. The molecule has 0 amide bonds. The third-order valence-corrected chi connectivity index (χ3v) is 5.46. The van der Waals surface area contributed by atoms with Crippen LogP contribution in [0.25, 0.3) is 0 Å². The lowest BCUT2D eigenvalue weighted by Gasteiger charge is -2.12. The van der Waals surface area contributed by atoms with Crippen molar-refractivity contribution in [3.8, 4) is 0 Å². The lowest BCUT2D eigenvalue weighted by Crippen LogP contribution is -2.14. The number of rotatable bonds is 3. The highest BCUT2D eigenvalue weighted by Crippen LogP contribution is 2.29. The second kappa shape index (κ2) is 5.63. The Morgan fingerprint density at radius 3 is 2.65 bits per heavy atom. The molecule has 0 fully saturated rings. The largest absolute Gasteiger partial charge is 0.399 e. The summed E-state index contributed by atoms with van der Waals surface area (Å²) in [5.41, 5.74) is 7.22. The first-order valence-electron chi connectivity index (χ1n) is 5.64. The van der Waals surface area contributed by atoms with Gasteiger partial charge in [0.25, 0.3) is 10.0 Å². The number of nitrogens with two attached hydrogens (primary N) is 1. The Balaban J connectivity index is 2.46. The summed E-state index contributed by atoms with van der Waals surface area (Å²) in [6, 6.07) is 9.59. The topological polar surface area (TPSA) is 72.2 Å². The molecular formula is C13H12BrClN2O2S. The van der Waals surface area contributed by atoms with Gasteiger partial charge in [0.1, 0.15) is 4.90 Å². The fraction of sp³-hybridized carbons (Fsp3) is 0.0769. The second-order valence-corrected chi connectivity index (χ2v) is 7.12. The molecule has 0 aliphatic heterocycles. The molecule has 0 saturated heterocycles. The predicted molar refractivity (Wildman–Crippen MR) is 85.6 cm³/mol. The van der Waals surface area contributed by atoms with Gasteiger partial charge in [-0.3, -0.25) is 4.72 Å². The Morgan fingerprint density at radius 1 is 1.25 bits per heavy atom. The van der Waals surface area contributed by atoms with Crippen LogP contribution in [0, 0.1) is 6.92 Å². The standard InChI is InChI=1S/C13H12BrClN2O2S/c1-8-10(14)3-2-4-12(8)17-20(18,19)13-7-9(16)5-6-11(13)15/h2-7,17H,16H2,1H3. The van der Waals surface area contributed by atoms with E-state index in [1.807, 2.05) is 13.0 Å². The molecule has 4 nitrogen and oxygen atoms in total. The third kappa shape index (κ3) is 3.08. The number of benzene rings is 2. The van der Waals surface area contributed by atoms with Crippen LogP contribution in [-0.4, -0.2) is 8.42 Å². The van der Waals surface area contributed by atoms with Crippen molar-refractivity contribution in [3.05, 3.63) is 51.5 Å². The van der Waals surface area contributed by atoms with Crippen LogP contribution in [0.2, 0.25) is 5.02 Å². The van der Waals surface area contributed by atoms with Crippen LogP contribution >= 0.6 is 27.5 Å². The summed E-state index contributed by atoms with van der Waals surface area (Å²) < 4.78 is 28.1. The van der Waals surface area contributed by atoms with E-state index in [4.69, 9.17) is 17.3 Å². The fourth-order valence-corrected chi connectivity index (χ4v) is 3.67. The number of anilines is 2. The minimum absolute atomic E-state index is 0.0430. The number of nitrogen functional groups attached to an aromatic ring is 1. The molecule has 2 aromatic rings. The van der Waals surface area contributed by atoms with E-state index in [0.717, 1.165) is 10.0 Å². The molecule has 0 radical (unpaired) electrons. The molecule has 0 atom stereocenters. The van der Waals surface area contributed by atoms with E-state index in [9.17, 15) is 8.42 Å². The van der Waals surface area contributed by atoms with Crippen molar-refractivity contribution in [2.75, 3.05) is 10.5 Å².